The number of carbonyl (C=O) groups excluding carboxylic acids is 4. The van der Waals surface area contributed by atoms with Gasteiger partial charge in [0.1, 0.15) is 12.3 Å². The molecule has 1 aliphatic carbocycles. The Labute approximate surface area is 173 Å². The summed E-state index contributed by atoms with van der Waals surface area (Å²) in [5.74, 6) is -1.94. The predicted molar refractivity (Wildman–Crippen MR) is 108 cm³/mol. The first-order valence-corrected chi connectivity index (χ1v) is 9.70. The number of hydrogen-bond donors (Lipinski definition) is 1. The largest absolute Gasteiger partial charge is 0.497 e. The van der Waals surface area contributed by atoms with Gasteiger partial charge < -0.3 is 10.1 Å². The number of rotatable bonds is 5. The van der Waals surface area contributed by atoms with Gasteiger partial charge in [-0.2, -0.15) is 0 Å². The number of benzene rings is 2. The van der Waals surface area contributed by atoms with E-state index in [1.807, 2.05) is 24.3 Å². The van der Waals surface area contributed by atoms with Gasteiger partial charge in [-0.05, 0) is 54.7 Å². The number of urea groups is 1. The number of amides is 5. The van der Waals surface area contributed by atoms with E-state index >= 15 is 0 Å². The van der Waals surface area contributed by atoms with Crippen molar-refractivity contribution in [3.05, 3.63) is 59.7 Å². The van der Waals surface area contributed by atoms with E-state index in [0.29, 0.717) is 10.6 Å². The smallest absolute Gasteiger partial charge is 0.339 e. The fraction of sp³-hybridized carbons (Fsp3) is 0.273. The maximum Gasteiger partial charge on any atom is 0.339 e. The predicted octanol–water partition coefficient (Wildman–Crippen LogP) is 2.18. The monoisotopic (exact) mass is 407 g/mol. The topological polar surface area (TPSA) is 96.0 Å². The van der Waals surface area contributed by atoms with Gasteiger partial charge in [-0.3, -0.25) is 14.4 Å². The van der Waals surface area contributed by atoms with Crippen LogP contribution in [0.2, 0.25) is 0 Å². The molecule has 1 N–H and O–H groups in total. The average molecular weight is 407 g/mol. The Bertz CT molecular complexity index is 1020. The van der Waals surface area contributed by atoms with Crippen LogP contribution in [0.15, 0.2) is 48.5 Å². The number of hydrogen-bond acceptors (Lipinski definition) is 5. The molecule has 0 radical (unpaired) electrons. The number of anilines is 1. The van der Waals surface area contributed by atoms with Gasteiger partial charge in [-0.1, -0.05) is 24.3 Å². The van der Waals surface area contributed by atoms with E-state index in [2.05, 4.69) is 5.32 Å². The number of imide groups is 2. The normalized spacial score (nSPS) is 18.4. The van der Waals surface area contributed by atoms with Crippen molar-refractivity contribution in [3.63, 3.8) is 0 Å². The lowest BCUT2D eigenvalue weighted by atomic mass is 9.88. The second kappa shape index (κ2) is 7.98. The zero-order valence-electron chi connectivity index (χ0n) is 16.5. The van der Waals surface area contributed by atoms with Gasteiger partial charge in [-0.15, -0.1) is 0 Å². The second-order valence-corrected chi connectivity index (χ2v) is 7.22. The van der Waals surface area contributed by atoms with E-state index in [4.69, 9.17) is 4.74 Å². The molecule has 0 aromatic heterocycles. The van der Waals surface area contributed by atoms with Crippen molar-refractivity contribution in [1.82, 2.24) is 10.2 Å². The Morgan fingerprint density at radius 2 is 1.80 bits per heavy atom. The molecule has 5 amide bonds. The molecule has 0 saturated carbocycles. The molecule has 2 aromatic carbocycles. The summed E-state index contributed by atoms with van der Waals surface area (Å²) in [7, 11) is 1.50. The number of aryl methyl sites for hydroxylation is 1. The van der Waals surface area contributed by atoms with E-state index in [9.17, 15) is 19.2 Å². The van der Waals surface area contributed by atoms with E-state index in [1.165, 1.54) is 24.8 Å². The summed E-state index contributed by atoms with van der Waals surface area (Å²) in [6, 6.07) is 13.0. The highest BCUT2D eigenvalue weighted by atomic mass is 16.5. The number of nitrogens with one attached hydrogen (secondary N) is 1. The zero-order valence-corrected chi connectivity index (χ0v) is 16.5. The molecule has 1 fully saturated rings. The van der Waals surface area contributed by atoms with E-state index in [-0.39, 0.29) is 11.7 Å². The second-order valence-electron chi connectivity index (χ2n) is 7.22. The lowest BCUT2D eigenvalue weighted by molar-refractivity contribution is -0.140. The molecule has 154 valence electrons. The third-order valence-corrected chi connectivity index (χ3v) is 5.39. The van der Waals surface area contributed by atoms with Crippen LogP contribution in [-0.2, 0) is 20.8 Å². The molecule has 0 bridgehead atoms. The summed E-state index contributed by atoms with van der Waals surface area (Å²) in [6.45, 7) is -0.505. The lowest BCUT2D eigenvalue weighted by Crippen LogP contribution is -2.43. The molecule has 4 rings (SSSR count). The van der Waals surface area contributed by atoms with Crippen LogP contribution in [-0.4, -0.2) is 42.3 Å². The first-order valence-electron chi connectivity index (χ1n) is 9.70. The number of ether oxygens (including phenoxy) is 1. The number of fused-ring (bicyclic) bond motifs is 1. The summed E-state index contributed by atoms with van der Waals surface area (Å²) in [4.78, 5) is 51.5. The highest BCUT2D eigenvalue weighted by molar-refractivity contribution is 6.53. The van der Waals surface area contributed by atoms with Crippen molar-refractivity contribution in [2.75, 3.05) is 18.6 Å². The Kier molecular flexibility index (Phi) is 5.22. The minimum Gasteiger partial charge on any atom is -0.497 e. The van der Waals surface area contributed by atoms with Crippen LogP contribution in [0.3, 0.4) is 0 Å². The first kappa shape index (κ1) is 19.6. The molecule has 1 atom stereocenters. The van der Waals surface area contributed by atoms with Crippen LogP contribution < -0.4 is 15.0 Å². The fourth-order valence-electron chi connectivity index (χ4n) is 3.89. The Balaban J connectivity index is 1.47. The number of carbonyl (C=O) groups is 4. The average Bonchev–Trinajstić information content (AvgIpc) is 2.97. The minimum atomic E-state index is -1.02. The molecule has 1 saturated heterocycles. The molecule has 30 heavy (non-hydrogen) atoms. The van der Waals surface area contributed by atoms with Crippen molar-refractivity contribution in [2.24, 2.45) is 0 Å². The Morgan fingerprint density at radius 3 is 2.53 bits per heavy atom. The third-order valence-electron chi connectivity index (χ3n) is 5.39. The summed E-state index contributed by atoms with van der Waals surface area (Å²) in [5, 5.41) is 2.90. The van der Waals surface area contributed by atoms with Crippen molar-refractivity contribution >= 4 is 29.4 Å². The van der Waals surface area contributed by atoms with Gasteiger partial charge in [0.05, 0.1) is 18.8 Å². The minimum absolute atomic E-state index is 0.177. The highest BCUT2D eigenvalue weighted by Crippen LogP contribution is 2.29. The quantitative estimate of drug-likeness (QED) is 0.605. The van der Waals surface area contributed by atoms with Crippen LogP contribution in [0.5, 0.6) is 5.75 Å². The Hall–Kier alpha value is -3.68. The Morgan fingerprint density at radius 1 is 1.07 bits per heavy atom. The fourth-order valence-corrected chi connectivity index (χ4v) is 3.89. The molecule has 8 heteroatoms. The van der Waals surface area contributed by atoms with Gasteiger partial charge in [0.2, 0.25) is 5.91 Å². The van der Waals surface area contributed by atoms with Crippen LogP contribution in [0.25, 0.3) is 0 Å². The molecule has 0 spiro atoms. The summed E-state index contributed by atoms with van der Waals surface area (Å²) in [5.41, 5.74) is 2.47. The van der Waals surface area contributed by atoms with Crippen molar-refractivity contribution < 1.29 is 23.9 Å². The van der Waals surface area contributed by atoms with Crippen molar-refractivity contribution in [3.8, 4) is 5.75 Å². The van der Waals surface area contributed by atoms with Gasteiger partial charge in [-0.25, -0.2) is 14.6 Å². The molecule has 8 nitrogen and oxygen atoms in total. The van der Waals surface area contributed by atoms with Gasteiger partial charge in [0.25, 0.3) is 0 Å². The molecule has 2 aromatic rings. The van der Waals surface area contributed by atoms with E-state index in [0.717, 1.165) is 29.7 Å². The molecule has 2 aliphatic rings. The van der Waals surface area contributed by atoms with Crippen LogP contribution in [0, 0.1) is 0 Å². The molecule has 0 unspecified atom stereocenters. The van der Waals surface area contributed by atoms with E-state index < -0.39 is 30.3 Å². The van der Waals surface area contributed by atoms with E-state index in [1.54, 1.807) is 12.1 Å². The summed E-state index contributed by atoms with van der Waals surface area (Å²) in [6.07, 6.45) is 2.67. The van der Waals surface area contributed by atoms with Crippen LogP contribution >= 0.6 is 0 Å². The summed E-state index contributed by atoms with van der Waals surface area (Å²) < 4.78 is 5.06. The third kappa shape index (κ3) is 3.52. The molecular formula is C22H21N3O5. The lowest BCUT2D eigenvalue weighted by Gasteiger charge is -2.27. The SMILES string of the molecule is COc1ccc(N2C(=O)C(=O)N(CC(=O)N[C@@H]3CCCc4ccccc43)C2=O)cc1. The first-order chi connectivity index (χ1) is 14.5. The van der Waals surface area contributed by atoms with Crippen LogP contribution in [0.1, 0.15) is 30.0 Å². The molecular weight excluding hydrogens is 386 g/mol. The maximum absolute atomic E-state index is 12.7. The standard InChI is InChI=1S/C22H21N3O5/c1-30-16-11-9-15(10-12-16)25-21(28)20(27)24(22(25)29)13-19(26)23-18-8-4-6-14-5-2-3-7-17(14)18/h2-3,5,7,9-12,18H,4,6,8,13H2,1H3,(H,23,26)/t18-/m1/s1. The zero-order chi connectivity index (χ0) is 21.3. The van der Waals surface area contributed by atoms with Gasteiger partial charge in [0.15, 0.2) is 0 Å². The molecule has 1 heterocycles. The maximum atomic E-state index is 12.7. The van der Waals surface area contributed by atoms with Crippen molar-refractivity contribution in [2.45, 2.75) is 25.3 Å². The number of nitrogens with zero attached hydrogens (tertiary/aromatic N) is 2. The molecule has 1 aliphatic heterocycles. The van der Waals surface area contributed by atoms with Crippen LogP contribution in [0.4, 0.5) is 10.5 Å². The highest BCUT2D eigenvalue weighted by Gasteiger charge is 2.46. The van der Waals surface area contributed by atoms with Crippen molar-refractivity contribution in [1.29, 1.82) is 0 Å². The van der Waals surface area contributed by atoms with Gasteiger partial charge >= 0.3 is 17.8 Å². The van der Waals surface area contributed by atoms with Gasteiger partial charge in [0, 0.05) is 0 Å². The summed E-state index contributed by atoms with van der Waals surface area (Å²) >= 11 is 0. The number of methoxy groups -OCH3 is 1.